The highest BCUT2D eigenvalue weighted by Gasteiger charge is 2.28. The number of hydrogen-bond acceptors (Lipinski definition) is 7. The molecule has 0 spiro atoms. The normalized spacial score (nSPS) is 13.8. The number of nitrogens with one attached hydrogen (secondary N) is 3. The van der Waals surface area contributed by atoms with E-state index in [0.717, 1.165) is 12.8 Å². The second-order valence-corrected chi connectivity index (χ2v) is 9.05. The molecule has 0 bridgehead atoms. The summed E-state index contributed by atoms with van der Waals surface area (Å²) in [6, 6.07) is 13.3. The molecule has 0 aliphatic heterocycles. The molecule has 31 heavy (non-hydrogen) atoms. The van der Waals surface area contributed by atoms with E-state index in [1.807, 2.05) is 4.72 Å². The number of carboxylic acid groups (broad SMARTS) is 1. The molecule has 10 heteroatoms. The Morgan fingerprint density at radius 3 is 2.29 bits per heavy atom. The zero-order valence-corrected chi connectivity index (χ0v) is 17.0. The van der Waals surface area contributed by atoms with Crippen LogP contribution in [0.15, 0.2) is 63.0 Å². The van der Waals surface area contributed by atoms with E-state index in [4.69, 9.17) is 5.11 Å². The van der Waals surface area contributed by atoms with Crippen LogP contribution in [-0.4, -0.2) is 32.1 Å². The van der Waals surface area contributed by atoms with Gasteiger partial charge in [0.05, 0.1) is 4.90 Å². The van der Waals surface area contributed by atoms with Gasteiger partial charge in [0.25, 0.3) is 10.9 Å². The summed E-state index contributed by atoms with van der Waals surface area (Å²) in [5.74, 6) is -1.28. The number of hydrogen-bond donors (Lipinski definition) is 4. The van der Waals surface area contributed by atoms with E-state index >= 15 is 0 Å². The highest BCUT2D eigenvalue weighted by Crippen LogP contribution is 2.30. The quantitative estimate of drug-likeness (QED) is 0.367. The lowest BCUT2D eigenvalue weighted by molar-refractivity contribution is -0.135. The molecule has 0 amide bonds. The fraction of sp³-hybridized carbons (Fsp3) is 0.190. The molecule has 4 N–H and O–H groups in total. The maximum Gasteiger partial charge on any atom is 0.318 e. The third-order valence-corrected chi connectivity index (χ3v) is 6.26. The molecule has 1 aliphatic carbocycles. The second kappa shape index (κ2) is 7.97. The van der Waals surface area contributed by atoms with Gasteiger partial charge >= 0.3 is 5.97 Å². The Labute approximate surface area is 177 Å². The number of carboxylic acids is 1. The molecule has 1 fully saturated rings. The maximum absolute atomic E-state index is 12.3. The molecule has 4 rings (SSSR count). The molecule has 3 aromatic rings. The molecule has 0 atom stereocenters. The van der Waals surface area contributed by atoms with E-state index in [0.29, 0.717) is 22.5 Å². The lowest BCUT2D eigenvalue weighted by atomic mass is 10.0. The van der Waals surface area contributed by atoms with Crippen molar-refractivity contribution in [2.24, 2.45) is 0 Å². The molecule has 0 heterocycles. The van der Waals surface area contributed by atoms with Crippen LogP contribution >= 0.6 is 0 Å². The van der Waals surface area contributed by atoms with E-state index in [1.165, 1.54) is 12.1 Å². The van der Waals surface area contributed by atoms with Gasteiger partial charge in [0.15, 0.2) is 0 Å². The molecule has 1 aliphatic rings. The Kier molecular flexibility index (Phi) is 5.34. The van der Waals surface area contributed by atoms with E-state index in [2.05, 4.69) is 10.6 Å². The number of anilines is 3. The predicted octanol–water partition coefficient (Wildman–Crippen LogP) is 1.63. The van der Waals surface area contributed by atoms with Crippen LogP contribution in [-0.2, 0) is 14.8 Å². The topological polar surface area (TPSA) is 142 Å². The summed E-state index contributed by atoms with van der Waals surface area (Å²) in [5.41, 5.74) is 1.25. The van der Waals surface area contributed by atoms with E-state index in [1.54, 1.807) is 36.4 Å². The fourth-order valence-electron chi connectivity index (χ4n) is 3.08. The molecule has 1 saturated carbocycles. The van der Waals surface area contributed by atoms with Crippen LogP contribution in [0, 0.1) is 0 Å². The number of carbonyl (C=O) groups is 1. The van der Waals surface area contributed by atoms with Crippen molar-refractivity contribution >= 4 is 33.1 Å². The Hall–Kier alpha value is -3.50. The number of rotatable bonds is 9. The zero-order valence-electron chi connectivity index (χ0n) is 16.2. The van der Waals surface area contributed by atoms with Crippen molar-refractivity contribution in [1.82, 2.24) is 4.72 Å². The Morgan fingerprint density at radius 2 is 1.61 bits per heavy atom. The van der Waals surface area contributed by atoms with Crippen LogP contribution in [0.4, 0.5) is 17.1 Å². The SMILES string of the molecule is O=C(O)CNS(=O)(=O)c1cccc(-c2cccc(Nc3c(NC4CC4)c(=O)c3=O)c2)c1. The van der Waals surface area contributed by atoms with Gasteiger partial charge < -0.3 is 15.7 Å². The van der Waals surface area contributed by atoms with Gasteiger partial charge in [0.1, 0.15) is 17.9 Å². The molecule has 3 aromatic carbocycles. The summed E-state index contributed by atoms with van der Waals surface area (Å²) in [4.78, 5) is 34.4. The molecule has 0 radical (unpaired) electrons. The van der Waals surface area contributed by atoms with Crippen LogP contribution in [0.25, 0.3) is 11.1 Å². The Balaban J connectivity index is 1.58. The minimum atomic E-state index is -3.98. The number of aliphatic carboxylic acids is 1. The predicted molar refractivity (Wildman–Crippen MR) is 116 cm³/mol. The van der Waals surface area contributed by atoms with Crippen molar-refractivity contribution in [2.75, 3.05) is 17.2 Å². The van der Waals surface area contributed by atoms with E-state index < -0.39 is 33.4 Å². The highest BCUT2D eigenvalue weighted by atomic mass is 32.2. The molecule has 0 aromatic heterocycles. The van der Waals surface area contributed by atoms with Gasteiger partial charge in [-0.15, -0.1) is 0 Å². The van der Waals surface area contributed by atoms with Crippen molar-refractivity contribution in [2.45, 2.75) is 23.8 Å². The first-order valence-electron chi connectivity index (χ1n) is 9.53. The van der Waals surface area contributed by atoms with Crippen molar-refractivity contribution in [3.63, 3.8) is 0 Å². The monoisotopic (exact) mass is 441 g/mol. The Morgan fingerprint density at radius 1 is 0.968 bits per heavy atom. The second-order valence-electron chi connectivity index (χ2n) is 7.28. The van der Waals surface area contributed by atoms with Crippen LogP contribution < -0.4 is 26.2 Å². The third-order valence-electron chi connectivity index (χ3n) is 4.86. The molecule has 160 valence electrons. The van der Waals surface area contributed by atoms with E-state index in [-0.39, 0.29) is 16.6 Å². The van der Waals surface area contributed by atoms with Crippen molar-refractivity contribution in [1.29, 1.82) is 0 Å². The van der Waals surface area contributed by atoms with Gasteiger partial charge in [-0.1, -0.05) is 24.3 Å². The van der Waals surface area contributed by atoms with Gasteiger partial charge in [-0.05, 0) is 48.2 Å². The van der Waals surface area contributed by atoms with Crippen molar-refractivity contribution in [3.8, 4) is 11.1 Å². The van der Waals surface area contributed by atoms with Crippen molar-refractivity contribution < 1.29 is 18.3 Å². The first-order valence-corrected chi connectivity index (χ1v) is 11.0. The summed E-state index contributed by atoms with van der Waals surface area (Å²) in [5, 5.41) is 14.7. The standard InChI is InChI=1S/C21H19N3O6S/c25-17(26)11-22-31(29,30)16-6-2-4-13(10-16)12-3-1-5-15(9-12)24-19-18(20(27)21(19)28)23-14-7-8-14/h1-6,9-10,14,22-24H,7-8,11H2,(H,25,26). The fourth-order valence-corrected chi connectivity index (χ4v) is 4.10. The molecule has 9 nitrogen and oxygen atoms in total. The number of sulfonamides is 1. The van der Waals surface area contributed by atoms with E-state index in [9.17, 15) is 22.8 Å². The summed E-state index contributed by atoms with van der Waals surface area (Å²) in [7, 11) is -3.98. The largest absolute Gasteiger partial charge is 0.480 e. The first-order chi connectivity index (χ1) is 14.7. The zero-order chi connectivity index (χ0) is 22.2. The van der Waals surface area contributed by atoms with Crippen LogP contribution in [0.2, 0.25) is 0 Å². The average molecular weight is 441 g/mol. The van der Waals surface area contributed by atoms with Gasteiger partial charge in [-0.3, -0.25) is 14.4 Å². The molecular formula is C21H19N3O6S. The third kappa shape index (κ3) is 4.49. The Bertz CT molecular complexity index is 1340. The summed E-state index contributed by atoms with van der Waals surface area (Å²) in [6.07, 6.45) is 1.93. The average Bonchev–Trinajstić information content (AvgIpc) is 3.59. The minimum absolute atomic E-state index is 0.0667. The lowest BCUT2D eigenvalue weighted by Crippen LogP contribution is -2.37. The summed E-state index contributed by atoms with van der Waals surface area (Å²) >= 11 is 0. The maximum atomic E-state index is 12.3. The lowest BCUT2D eigenvalue weighted by Gasteiger charge is -2.15. The van der Waals surface area contributed by atoms with Gasteiger partial charge in [-0.25, -0.2) is 8.42 Å². The van der Waals surface area contributed by atoms with Gasteiger partial charge in [0, 0.05) is 11.7 Å². The van der Waals surface area contributed by atoms with Crippen LogP contribution in [0.1, 0.15) is 12.8 Å². The summed E-state index contributed by atoms with van der Waals surface area (Å²) in [6.45, 7) is -0.717. The highest BCUT2D eigenvalue weighted by molar-refractivity contribution is 7.89. The molecular weight excluding hydrogens is 422 g/mol. The summed E-state index contributed by atoms with van der Waals surface area (Å²) < 4.78 is 26.6. The molecule has 0 unspecified atom stereocenters. The first kappa shape index (κ1) is 20.8. The molecule has 0 saturated heterocycles. The number of benzene rings is 2. The minimum Gasteiger partial charge on any atom is -0.480 e. The van der Waals surface area contributed by atoms with Crippen LogP contribution in [0.5, 0.6) is 0 Å². The van der Waals surface area contributed by atoms with Crippen molar-refractivity contribution in [3.05, 3.63) is 69.0 Å². The van der Waals surface area contributed by atoms with Gasteiger partial charge in [0.2, 0.25) is 10.0 Å². The van der Waals surface area contributed by atoms with Gasteiger partial charge in [-0.2, -0.15) is 4.72 Å². The van der Waals surface area contributed by atoms with Crippen LogP contribution in [0.3, 0.4) is 0 Å². The smallest absolute Gasteiger partial charge is 0.318 e.